The third-order valence-electron chi connectivity index (χ3n) is 2.13. The smallest absolute Gasteiger partial charge is 0.311 e. The van der Waals surface area contributed by atoms with Crippen molar-refractivity contribution in [1.82, 2.24) is 0 Å². The van der Waals surface area contributed by atoms with Gasteiger partial charge in [0.25, 0.3) is 0 Å². The fourth-order valence-electron chi connectivity index (χ4n) is 1.24. The van der Waals surface area contributed by atoms with Crippen LogP contribution in [-0.4, -0.2) is 17.3 Å². The normalized spacial score (nSPS) is 10.5. The highest BCUT2D eigenvalue weighted by molar-refractivity contribution is 5.95. The Kier molecular flexibility index (Phi) is 4.39. The monoisotopic (exact) mass is 235 g/mol. The number of nitro groups is 1. The first-order chi connectivity index (χ1) is 8.06. The standard InChI is InChI=1S/C12H13NO4/c1-3-4-7-17-12-6-5-10(9(2)14)8-11(12)13(15)16/h3-6,8H,7H2,1-2H3. The maximum absolute atomic E-state index is 11.1. The zero-order valence-corrected chi connectivity index (χ0v) is 9.67. The van der Waals surface area contributed by atoms with Crippen molar-refractivity contribution in [3.05, 3.63) is 46.0 Å². The molecule has 0 radical (unpaired) electrons. The number of hydrogen-bond donors (Lipinski definition) is 0. The van der Waals surface area contributed by atoms with Crippen molar-refractivity contribution < 1.29 is 14.5 Å². The zero-order valence-electron chi connectivity index (χ0n) is 9.67. The summed E-state index contributed by atoms with van der Waals surface area (Å²) in [7, 11) is 0. The molecular formula is C12H13NO4. The minimum Gasteiger partial charge on any atom is -0.483 e. The lowest BCUT2D eigenvalue weighted by molar-refractivity contribution is -0.385. The van der Waals surface area contributed by atoms with E-state index in [0.717, 1.165) is 0 Å². The molecular weight excluding hydrogens is 222 g/mol. The summed E-state index contributed by atoms with van der Waals surface area (Å²) in [6.45, 7) is 3.45. The molecule has 0 aromatic heterocycles. The van der Waals surface area contributed by atoms with Gasteiger partial charge in [-0.3, -0.25) is 14.9 Å². The molecule has 0 aliphatic carbocycles. The summed E-state index contributed by atoms with van der Waals surface area (Å²) in [5.74, 6) is -0.0498. The van der Waals surface area contributed by atoms with Crippen LogP contribution in [-0.2, 0) is 0 Å². The average molecular weight is 235 g/mol. The maximum atomic E-state index is 11.1. The van der Waals surface area contributed by atoms with Crippen LogP contribution in [0.4, 0.5) is 5.69 Å². The van der Waals surface area contributed by atoms with E-state index in [-0.39, 0.29) is 23.8 Å². The topological polar surface area (TPSA) is 69.4 Å². The molecule has 90 valence electrons. The molecule has 1 aromatic carbocycles. The van der Waals surface area contributed by atoms with Gasteiger partial charge in [-0.25, -0.2) is 0 Å². The number of nitro benzene ring substituents is 1. The van der Waals surface area contributed by atoms with Crippen molar-refractivity contribution in [2.45, 2.75) is 13.8 Å². The number of benzene rings is 1. The average Bonchev–Trinajstić information content (AvgIpc) is 2.29. The van der Waals surface area contributed by atoms with Gasteiger partial charge in [-0.15, -0.1) is 0 Å². The second kappa shape index (κ2) is 5.79. The molecule has 5 heteroatoms. The molecule has 0 N–H and O–H groups in total. The predicted molar refractivity (Wildman–Crippen MR) is 63.4 cm³/mol. The fraction of sp³-hybridized carbons (Fsp3) is 0.250. The molecule has 0 unspecified atom stereocenters. The van der Waals surface area contributed by atoms with Gasteiger partial charge in [0.1, 0.15) is 6.61 Å². The van der Waals surface area contributed by atoms with E-state index in [1.807, 2.05) is 6.92 Å². The third-order valence-corrected chi connectivity index (χ3v) is 2.13. The summed E-state index contributed by atoms with van der Waals surface area (Å²) in [6.07, 6.45) is 3.53. The largest absolute Gasteiger partial charge is 0.483 e. The number of nitrogens with zero attached hydrogens (tertiary/aromatic N) is 1. The summed E-state index contributed by atoms with van der Waals surface area (Å²) in [4.78, 5) is 21.4. The van der Waals surface area contributed by atoms with Crippen molar-refractivity contribution >= 4 is 11.5 Å². The second-order valence-electron chi connectivity index (χ2n) is 3.38. The predicted octanol–water partition coefficient (Wildman–Crippen LogP) is 2.75. The van der Waals surface area contributed by atoms with Crippen LogP contribution in [0.5, 0.6) is 5.75 Å². The first kappa shape index (κ1) is 12.9. The molecule has 17 heavy (non-hydrogen) atoms. The number of hydrogen-bond acceptors (Lipinski definition) is 4. The number of allylic oxidation sites excluding steroid dienone is 1. The highest BCUT2D eigenvalue weighted by atomic mass is 16.6. The zero-order chi connectivity index (χ0) is 12.8. The van der Waals surface area contributed by atoms with Gasteiger partial charge >= 0.3 is 5.69 Å². The molecule has 0 bridgehead atoms. The van der Waals surface area contributed by atoms with Gasteiger partial charge in [-0.2, -0.15) is 0 Å². The molecule has 5 nitrogen and oxygen atoms in total. The lowest BCUT2D eigenvalue weighted by Gasteiger charge is -2.05. The van der Waals surface area contributed by atoms with E-state index in [0.29, 0.717) is 5.56 Å². The van der Waals surface area contributed by atoms with Crippen LogP contribution in [0.25, 0.3) is 0 Å². The van der Waals surface area contributed by atoms with Crippen LogP contribution in [0.15, 0.2) is 30.4 Å². The van der Waals surface area contributed by atoms with Gasteiger partial charge in [-0.1, -0.05) is 12.2 Å². The molecule has 0 heterocycles. The Morgan fingerprint density at radius 1 is 1.53 bits per heavy atom. The Morgan fingerprint density at radius 3 is 2.76 bits per heavy atom. The SMILES string of the molecule is CC=CCOc1ccc(C(C)=O)cc1[N+](=O)[O-]. The second-order valence-corrected chi connectivity index (χ2v) is 3.38. The number of rotatable bonds is 5. The van der Waals surface area contributed by atoms with Gasteiger partial charge in [-0.05, 0) is 26.0 Å². The van der Waals surface area contributed by atoms with E-state index in [1.54, 1.807) is 12.2 Å². The van der Waals surface area contributed by atoms with Gasteiger partial charge < -0.3 is 4.74 Å². The number of ether oxygens (including phenoxy) is 1. The lowest BCUT2D eigenvalue weighted by Crippen LogP contribution is -2.01. The Balaban J connectivity index is 3.04. The van der Waals surface area contributed by atoms with E-state index in [1.165, 1.54) is 25.1 Å². The van der Waals surface area contributed by atoms with E-state index in [9.17, 15) is 14.9 Å². The third kappa shape index (κ3) is 3.41. The number of carbonyl (C=O) groups excluding carboxylic acids is 1. The van der Waals surface area contributed by atoms with E-state index in [4.69, 9.17) is 4.74 Å². The van der Waals surface area contributed by atoms with Crippen LogP contribution in [0.1, 0.15) is 24.2 Å². The molecule has 1 aromatic rings. The Bertz CT molecular complexity index is 466. The summed E-state index contributed by atoms with van der Waals surface area (Å²) < 4.78 is 5.23. The maximum Gasteiger partial charge on any atom is 0.311 e. The number of carbonyl (C=O) groups is 1. The Hall–Kier alpha value is -2.17. The molecule has 0 saturated carbocycles. The molecule has 0 spiro atoms. The van der Waals surface area contributed by atoms with Crippen molar-refractivity contribution in [2.75, 3.05) is 6.61 Å². The summed E-state index contributed by atoms with van der Waals surface area (Å²) in [6, 6.07) is 4.19. The number of ketones is 1. The van der Waals surface area contributed by atoms with Crippen molar-refractivity contribution in [1.29, 1.82) is 0 Å². The van der Waals surface area contributed by atoms with Gasteiger partial charge in [0, 0.05) is 11.6 Å². The molecule has 0 aliphatic heterocycles. The van der Waals surface area contributed by atoms with Crippen LogP contribution in [0.2, 0.25) is 0 Å². The minimum atomic E-state index is -0.558. The molecule has 0 atom stereocenters. The van der Waals surface area contributed by atoms with Gasteiger partial charge in [0.05, 0.1) is 4.92 Å². The molecule has 0 amide bonds. The van der Waals surface area contributed by atoms with Crippen molar-refractivity contribution in [3.8, 4) is 5.75 Å². The number of Topliss-reactive ketones (excluding diaryl/α,β-unsaturated/α-hetero) is 1. The van der Waals surface area contributed by atoms with Crippen LogP contribution >= 0.6 is 0 Å². The molecule has 0 fully saturated rings. The summed E-state index contributed by atoms with van der Waals surface area (Å²) in [5.41, 5.74) is 0.109. The van der Waals surface area contributed by atoms with E-state index in [2.05, 4.69) is 0 Å². The van der Waals surface area contributed by atoms with Crippen molar-refractivity contribution in [2.24, 2.45) is 0 Å². The Labute approximate surface area is 98.9 Å². The van der Waals surface area contributed by atoms with Crippen LogP contribution in [0, 0.1) is 10.1 Å². The quantitative estimate of drug-likeness (QED) is 0.340. The highest BCUT2D eigenvalue weighted by Gasteiger charge is 2.16. The first-order valence-electron chi connectivity index (χ1n) is 5.09. The summed E-state index contributed by atoms with van der Waals surface area (Å²) >= 11 is 0. The van der Waals surface area contributed by atoms with E-state index >= 15 is 0 Å². The highest BCUT2D eigenvalue weighted by Crippen LogP contribution is 2.28. The van der Waals surface area contributed by atoms with E-state index < -0.39 is 4.92 Å². The molecule has 0 aliphatic rings. The van der Waals surface area contributed by atoms with Gasteiger partial charge in [0.2, 0.25) is 0 Å². The fourth-order valence-corrected chi connectivity index (χ4v) is 1.24. The Morgan fingerprint density at radius 2 is 2.24 bits per heavy atom. The minimum absolute atomic E-state index is 0.165. The molecule has 0 saturated heterocycles. The van der Waals surface area contributed by atoms with Gasteiger partial charge in [0.15, 0.2) is 11.5 Å². The summed E-state index contributed by atoms with van der Waals surface area (Å²) in [5, 5.41) is 10.8. The lowest BCUT2D eigenvalue weighted by atomic mass is 10.1. The van der Waals surface area contributed by atoms with Crippen LogP contribution in [0.3, 0.4) is 0 Å². The molecule has 1 rings (SSSR count). The first-order valence-corrected chi connectivity index (χ1v) is 5.09. The van der Waals surface area contributed by atoms with Crippen LogP contribution < -0.4 is 4.74 Å². The van der Waals surface area contributed by atoms with Crippen molar-refractivity contribution in [3.63, 3.8) is 0 Å².